The van der Waals surface area contributed by atoms with Crippen molar-refractivity contribution in [2.24, 2.45) is 0 Å². The maximum absolute atomic E-state index is 5.55. The van der Waals surface area contributed by atoms with Crippen molar-refractivity contribution in [2.75, 3.05) is 30.9 Å². The van der Waals surface area contributed by atoms with Crippen LogP contribution in [-0.4, -0.2) is 25.7 Å². The van der Waals surface area contributed by atoms with Gasteiger partial charge in [0.25, 0.3) is 0 Å². The molecule has 4 nitrogen and oxygen atoms in total. The third kappa shape index (κ3) is 3.90. The van der Waals surface area contributed by atoms with Crippen molar-refractivity contribution in [3.63, 3.8) is 0 Å². The highest BCUT2D eigenvalue weighted by atomic mass is 16.5. The van der Waals surface area contributed by atoms with Crippen molar-refractivity contribution >= 4 is 11.5 Å². The Hall–Kier alpha value is -2.67. The smallest absolute Gasteiger partial charge is 0.151 e. The molecule has 1 aromatic carbocycles. The molecule has 0 fully saturated rings. The summed E-state index contributed by atoms with van der Waals surface area (Å²) in [5, 5.41) is 3.39. The van der Waals surface area contributed by atoms with Crippen LogP contribution in [0.5, 0.6) is 5.75 Å². The van der Waals surface area contributed by atoms with Crippen LogP contribution in [0.1, 0.15) is 5.56 Å². The summed E-state index contributed by atoms with van der Waals surface area (Å²) in [5.41, 5.74) is 2.04. The maximum Gasteiger partial charge on any atom is 0.151 e. The fraction of sp³-hybridized carbons (Fsp3) is 0.235. The third-order valence-corrected chi connectivity index (χ3v) is 2.96. The van der Waals surface area contributed by atoms with Gasteiger partial charge in [0.05, 0.1) is 5.69 Å². The van der Waals surface area contributed by atoms with E-state index in [1.54, 1.807) is 6.20 Å². The minimum Gasteiger partial charge on any atom is -0.481 e. The molecule has 0 spiro atoms. The Morgan fingerprint density at radius 3 is 2.81 bits per heavy atom. The SMILES string of the molecule is C#CCOc1ccccc1CNc1cccnc1N(C)C. The lowest BCUT2D eigenvalue weighted by Crippen LogP contribution is -2.14. The highest BCUT2D eigenvalue weighted by Crippen LogP contribution is 2.23. The summed E-state index contributed by atoms with van der Waals surface area (Å²) in [7, 11) is 3.94. The minimum absolute atomic E-state index is 0.271. The highest BCUT2D eigenvalue weighted by Gasteiger charge is 2.07. The van der Waals surface area contributed by atoms with Crippen LogP contribution >= 0.6 is 0 Å². The average Bonchev–Trinajstić information content (AvgIpc) is 2.52. The van der Waals surface area contributed by atoms with Gasteiger partial charge in [-0.15, -0.1) is 6.42 Å². The van der Waals surface area contributed by atoms with E-state index in [1.807, 2.05) is 55.4 Å². The van der Waals surface area contributed by atoms with E-state index in [0.29, 0.717) is 6.54 Å². The van der Waals surface area contributed by atoms with Crippen LogP contribution in [-0.2, 0) is 6.54 Å². The van der Waals surface area contributed by atoms with Crippen LogP contribution < -0.4 is 15.0 Å². The number of aromatic nitrogens is 1. The molecule has 0 unspecified atom stereocenters. The van der Waals surface area contributed by atoms with Gasteiger partial charge in [-0.3, -0.25) is 0 Å². The predicted molar refractivity (Wildman–Crippen MR) is 86.7 cm³/mol. The van der Waals surface area contributed by atoms with E-state index in [2.05, 4.69) is 16.2 Å². The molecular weight excluding hydrogens is 262 g/mol. The van der Waals surface area contributed by atoms with Crippen LogP contribution in [0.15, 0.2) is 42.6 Å². The van der Waals surface area contributed by atoms with E-state index in [9.17, 15) is 0 Å². The van der Waals surface area contributed by atoms with Crippen molar-refractivity contribution in [1.29, 1.82) is 0 Å². The van der Waals surface area contributed by atoms with E-state index < -0.39 is 0 Å². The Kier molecular flexibility index (Phi) is 5.05. The summed E-state index contributed by atoms with van der Waals surface area (Å²) in [6.45, 7) is 0.917. The molecule has 2 aromatic rings. The Morgan fingerprint density at radius 2 is 2.05 bits per heavy atom. The summed E-state index contributed by atoms with van der Waals surface area (Å²) in [5.74, 6) is 4.19. The molecule has 1 N–H and O–H groups in total. The monoisotopic (exact) mass is 281 g/mol. The highest BCUT2D eigenvalue weighted by molar-refractivity contribution is 5.64. The molecule has 0 aliphatic heterocycles. The normalized spacial score (nSPS) is 9.76. The lowest BCUT2D eigenvalue weighted by atomic mass is 10.2. The van der Waals surface area contributed by atoms with Crippen LogP contribution in [0.3, 0.4) is 0 Å². The Balaban J connectivity index is 2.12. The number of hydrogen-bond acceptors (Lipinski definition) is 4. The van der Waals surface area contributed by atoms with Crippen molar-refractivity contribution in [2.45, 2.75) is 6.54 Å². The van der Waals surface area contributed by atoms with Gasteiger partial charge in [-0.05, 0) is 18.2 Å². The molecule has 21 heavy (non-hydrogen) atoms. The molecule has 1 aromatic heterocycles. The first-order valence-electron chi connectivity index (χ1n) is 6.72. The standard InChI is InChI=1S/C17H19N3O/c1-4-12-21-16-10-6-5-8-14(16)13-19-15-9-7-11-18-17(15)20(2)3/h1,5-11,19H,12-13H2,2-3H3. The van der Waals surface area contributed by atoms with Gasteiger partial charge in [-0.2, -0.15) is 0 Å². The molecule has 0 bridgehead atoms. The van der Waals surface area contributed by atoms with Crippen LogP contribution in [0.2, 0.25) is 0 Å². The van der Waals surface area contributed by atoms with Crippen LogP contribution in [0.25, 0.3) is 0 Å². The van der Waals surface area contributed by atoms with E-state index in [-0.39, 0.29) is 6.61 Å². The number of nitrogens with zero attached hydrogens (tertiary/aromatic N) is 2. The van der Waals surface area contributed by atoms with E-state index in [4.69, 9.17) is 11.2 Å². The van der Waals surface area contributed by atoms with Crippen LogP contribution in [0, 0.1) is 12.3 Å². The molecule has 0 saturated heterocycles. The lowest BCUT2D eigenvalue weighted by Gasteiger charge is -2.17. The molecular formula is C17H19N3O. The molecule has 0 saturated carbocycles. The maximum atomic E-state index is 5.55. The number of para-hydroxylation sites is 1. The lowest BCUT2D eigenvalue weighted by molar-refractivity contribution is 0.366. The summed E-state index contributed by atoms with van der Waals surface area (Å²) >= 11 is 0. The third-order valence-electron chi connectivity index (χ3n) is 2.96. The largest absolute Gasteiger partial charge is 0.481 e. The zero-order valence-electron chi connectivity index (χ0n) is 12.3. The molecule has 0 aliphatic rings. The first-order chi connectivity index (χ1) is 10.2. The second-order valence-electron chi connectivity index (χ2n) is 4.72. The molecule has 0 atom stereocenters. The Morgan fingerprint density at radius 1 is 1.24 bits per heavy atom. The first kappa shape index (κ1) is 14.7. The van der Waals surface area contributed by atoms with Gasteiger partial charge in [0.2, 0.25) is 0 Å². The second-order valence-corrected chi connectivity index (χ2v) is 4.72. The van der Waals surface area contributed by atoms with Gasteiger partial charge in [0.1, 0.15) is 12.4 Å². The number of hydrogen-bond donors (Lipinski definition) is 1. The van der Waals surface area contributed by atoms with Gasteiger partial charge in [0, 0.05) is 32.4 Å². The zero-order valence-corrected chi connectivity index (χ0v) is 12.3. The molecule has 1 heterocycles. The van der Waals surface area contributed by atoms with Gasteiger partial charge in [0.15, 0.2) is 5.82 Å². The Bertz CT molecular complexity index is 632. The summed E-state index contributed by atoms with van der Waals surface area (Å²) in [4.78, 5) is 6.34. The summed E-state index contributed by atoms with van der Waals surface area (Å²) < 4.78 is 5.55. The molecule has 4 heteroatoms. The number of nitrogens with one attached hydrogen (secondary N) is 1. The van der Waals surface area contributed by atoms with E-state index in [1.165, 1.54) is 0 Å². The van der Waals surface area contributed by atoms with Crippen molar-refractivity contribution < 1.29 is 4.74 Å². The quantitative estimate of drug-likeness (QED) is 0.826. The summed E-state index contributed by atoms with van der Waals surface area (Å²) in [6, 6.07) is 11.8. The fourth-order valence-corrected chi connectivity index (χ4v) is 1.99. The van der Waals surface area contributed by atoms with Crippen LogP contribution in [0.4, 0.5) is 11.5 Å². The fourth-order valence-electron chi connectivity index (χ4n) is 1.99. The molecule has 0 aliphatic carbocycles. The van der Waals surface area contributed by atoms with Crippen molar-refractivity contribution in [3.8, 4) is 18.1 Å². The number of terminal acetylenes is 1. The van der Waals surface area contributed by atoms with Gasteiger partial charge < -0.3 is 15.0 Å². The number of anilines is 2. The van der Waals surface area contributed by atoms with Crippen molar-refractivity contribution in [3.05, 3.63) is 48.2 Å². The number of ether oxygens (including phenoxy) is 1. The predicted octanol–water partition coefficient (Wildman–Crippen LogP) is 2.77. The number of benzene rings is 1. The zero-order chi connectivity index (χ0) is 15.1. The summed E-state index contributed by atoms with van der Waals surface area (Å²) in [6.07, 6.45) is 7.02. The first-order valence-corrected chi connectivity index (χ1v) is 6.72. The van der Waals surface area contributed by atoms with Crippen molar-refractivity contribution in [1.82, 2.24) is 4.98 Å². The minimum atomic E-state index is 0.271. The molecule has 2 rings (SSSR count). The van der Waals surface area contributed by atoms with Gasteiger partial charge >= 0.3 is 0 Å². The second kappa shape index (κ2) is 7.20. The molecule has 0 radical (unpaired) electrons. The topological polar surface area (TPSA) is 37.4 Å². The number of rotatable bonds is 6. The number of pyridine rings is 1. The average molecular weight is 281 g/mol. The van der Waals surface area contributed by atoms with E-state index in [0.717, 1.165) is 22.8 Å². The molecule has 108 valence electrons. The van der Waals surface area contributed by atoms with E-state index >= 15 is 0 Å². The van der Waals surface area contributed by atoms with Gasteiger partial charge in [-0.1, -0.05) is 24.1 Å². The Labute approximate surface area is 125 Å². The van der Waals surface area contributed by atoms with Gasteiger partial charge in [-0.25, -0.2) is 4.98 Å². The molecule has 0 amide bonds.